The van der Waals surface area contributed by atoms with Crippen LogP contribution >= 0.6 is 0 Å². The summed E-state index contributed by atoms with van der Waals surface area (Å²) in [5.74, 6) is 0.0671. The number of amides is 2. The number of rotatable bonds is 2. The average molecular weight is 286 g/mol. The van der Waals surface area contributed by atoms with Gasteiger partial charge in [0.15, 0.2) is 0 Å². The minimum atomic E-state index is -0.642. The quantitative estimate of drug-likeness (QED) is 0.907. The Kier molecular flexibility index (Phi) is 3.70. The Labute approximate surface area is 125 Å². The molecule has 1 aromatic rings. The summed E-state index contributed by atoms with van der Waals surface area (Å²) >= 11 is 0. The molecule has 1 aromatic carbocycles. The number of carbonyl (C=O) groups is 2. The maximum Gasteiger partial charge on any atom is 0.249 e. The lowest BCUT2D eigenvalue weighted by Crippen LogP contribution is -2.67. The zero-order valence-corrected chi connectivity index (χ0v) is 12.5. The first-order valence-corrected chi connectivity index (χ1v) is 7.79. The van der Waals surface area contributed by atoms with Crippen LogP contribution < -0.4 is 5.32 Å². The van der Waals surface area contributed by atoms with Crippen molar-refractivity contribution in [2.75, 3.05) is 6.54 Å². The maximum absolute atomic E-state index is 13.0. The summed E-state index contributed by atoms with van der Waals surface area (Å²) < 4.78 is 0. The molecule has 1 aliphatic carbocycles. The van der Waals surface area contributed by atoms with Gasteiger partial charge in [-0.05, 0) is 25.3 Å². The van der Waals surface area contributed by atoms with Crippen LogP contribution in [0.25, 0.3) is 0 Å². The van der Waals surface area contributed by atoms with Gasteiger partial charge in [0.2, 0.25) is 11.8 Å². The Balaban J connectivity index is 1.87. The average Bonchev–Trinajstić information content (AvgIpc) is 2.52. The first kappa shape index (κ1) is 14.1. The fourth-order valence-electron chi connectivity index (χ4n) is 3.58. The molecule has 1 N–H and O–H groups in total. The molecule has 4 heteroatoms. The summed E-state index contributed by atoms with van der Waals surface area (Å²) in [6.45, 7) is 2.17. The normalized spacial score (nSPS) is 23.0. The highest BCUT2D eigenvalue weighted by Gasteiger charge is 2.48. The molecular weight excluding hydrogens is 264 g/mol. The third-order valence-corrected chi connectivity index (χ3v) is 4.82. The van der Waals surface area contributed by atoms with Crippen LogP contribution in [0.5, 0.6) is 0 Å². The smallest absolute Gasteiger partial charge is 0.249 e. The van der Waals surface area contributed by atoms with Gasteiger partial charge >= 0.3 is 0 Å². The number of piperazine rings is 1. The van der Waals surface area contributed by atoms with E-state index in [1.54, 1.807) is 4.90 Å². The summed E-state index contributed by atoms with van der Waals surface area (Å²) in [5, 5.41) is 2.99. The zero-order chi connectivity index (χ0) is 14.9. The van der Waals surface area contributed by atoms with E-state index in [0.29, 0.717) is 0 Å². The fourth-order valence-corrected chi connectivity index (χ4v) is 3.58. The monoisotopic (exact) mass is 286 g/mol. The van der Waals surface area contributed by atoms with E-state index in [-0.39, 0.29) is 24.4 Å². The molecule has 1 heterocycles. The van der Waals surface area contributed by atoms with Crippen molar-refractivity contribution >= 4 is 11.8 Å². The highest BCUT2D eigenvalue weighted by Crippen LogP contribution is 2.34. The van der Waals surface area contributed by atoms with E-state index in [2.05, 4.69) is 5.32 Å². The van der Waals surface area contributed by atoms with E-state index >= 15 is 0 Å². The van der Waals surface area contributed by atoms with Gasteiger partial charge in [-0.2, -0.15) is 0 Å². The van der Waals surface area contributed by atoms with Gasteiger partial charge in [0, 0.05) is 0 Å². The van der Waals surface area contributed by atoms with Crippen molar-refractivity contribution in [3.8, 4) is 0 Å². The Morgan fingerprint density at radius 3 is 2.43 bits per heavy atom. The summed E-state index contributed by atoms with van der Waals surface area (Å²) in [4.78, 5) is 26.8. The van der Waals surface area contributed by atoms with Crippen molar-refractivity contribution in [3.63, 3.8) is 0 Å². The van der Waals surface area contributed by atoms with E-state index in [1.807, 2.05) is 37.3 Å². The predicted octanol–water partition coefficient (Wildman–Crippen LogP) is 2.41. The molecule has 1 saturated carbocycles. The molecule has 1 aliphatic heterocycles. The van der Waals surface area contributed by atoms with Gasteiger partial charge < -0.3 is 10.2 Å². The molecule has 1 saturated heterocycles. The SMILES string of the molecule is CC(c1ccccc1)N1CC(=O)NC2(CCCCC2)C1=O. The topological polar surface area (TPSA) is 49.4 Å². The zero-order valence-electron chi connectivity index (χ0n) is 12.5. The van der Waals surface area contributed by atoms with E-state index in [9.17, 15) is 9.59 Å². The number of nitrogens with zero attached hydrogens (tertiary/aromatic N) is 1. The fraction of sp³-hybridized carbons (Fsp3) is 0.529. The predicted molar refractivity (Wildman–Crippen MR) is 80.5 cm³/mol. The van der Waals surface area contributed by atoms with Crippen LogP contribution in [0.15, 0.2) is 30.3 Å². The summed E-state index contributed by atoms with van der Waals surface area (Å²) in [6.07, 6.45) is 4.73. The second-order valence-corrected chi connectivity index (χ2v) is 6.21. The van der Waals surface area contributed by atoms with Crippen molar-refractivity contribution in [2.45, 2.75) is 50.6 Å². The second-order valence-electron chi connectivity index (χ2n) is 6.21. The molecule has 2 aliphatic rings. The van der Waals surface area contributed by atoms with Crippen LogP contribution in [0.1, 0.15) is 50.6 Å². The summed E-state index contributed by atoms with van der Waals surface area (Å²) in [7, 11) is 0. The molecule has 2 amide bonds. The van der Waals surface area contributed by atoms with E-state index in [4.69, 9.17) is 0 Å². The van der Waals surface area contributed by atoms with E-state index in [1.165, 1.54) is 0 Å². The molecule has 3 rings (SSSR count). The van der Waals surface area contributed by atoms with Crippen molar-refractivity contribution in [1.29, 1.82) is 0 Å². The third kappa shape index (κ3) is 2.55. The van der Waals surface area contributed by atoms with Crippen LogP contribution in [0.4, 0.5) is 0 Å². The van der Waals surface area contributed by atoms with Gasteiger partial charge in [-0.25, -0.2) is 0 Å². The Morgan fingerprint density at radius 2 is 1.76 bits per heavy atom. The van der Waals surface area contributed by atoms with Crippen molar-refractivity contribution in [2.24, 2.45) is 0 Å². The van der Waals surface area contributed by atoms with E-state index < -0.39 is 5.54 Å². The Bertz CT molecular complexity index is 535. The van der Waals surface area contributed by atoms with Gasteiger partial charge in [-0.3, -0.25) is 9.59 Å². The first-order valence-electron chi connectivity index (χ1n) is 7.79. The molecule has 1 atom stereocenters. The summed E-state index contributed by atoms with van der Waals surface area (Å²) in [5.41, 5.74) is 0.433. The van der Waals surface area contributed by atoms with Crippen LogP contribution in [0.3, 0.4) is 0 Å². The second kappa shape index (κ2) is 5.51. The Morgan fingerprint density at radius 1 is 1.10 bits per heavy atom. The third-order valence-electron chi connectivity index (χ3n) is 4.82. The lowest BCUT2D eigenvalue weighted by molar-refractivity contribution is -0.153. The lowest BCUT2D eigenvalue weighted by Gasteiger charge is -2.46. The molecule has 2 fully saturated rings. The standard InChI is InChI=1S/C17H22N2O2/c1-13(14-8-4-2-5-9-14)19-12-15(20)18-17(16(19)21)10-6-3-7-11-17/h2,4-5,8-9,13H,3,6-7,10-12H2,1H3,(H,18,20). The Hall–Kier alpha value is -1.84. The first-order chi connectivity index (χ1) is 10.1. The van der Waals surface area contributed by atoms with Crippen LogP contribution in [-0.2, 0) is 9.59 Å². The molecule has 1 spiro atoms. The van der Waals surface area contributed by atoms with Crippen molar-refractivity contribution in [3.05, 3.63) is 35.9 Å². The van der Waals surface area contributed by atoms with Gasteiger partial charge in [0.05, 0.1) is 6.04 Å². The largest absolute Gasteiger partial charge is 0.340 e. The number of hydrogen-bond acceptors (Lipinski definition) is 2. The molecule has 0 aromatic heterocycles. The number of hydrogen-bond donors (Lipinski definition) is 1. The van der Waals surface area contributed by atoms with Crippen LogP contribution in [-0.4, -0.2) is 28.8 Å². The number of carbonyl (C=O) groups excluding carboxylic acids is 2. The van der Waals surface area contributed by atoms with Gasteiger partial charge in [0.1, 0.15) is 12.1 Å². The molecule has 21 heavy (non-hydrogen) atoms. The molecule has 4 nitrogen and oxygen atoms in total. The number of benzene rings is 1. The highest BCUT2D eigenvalue weighted by molar-refractivity contribution is 5.98. The molecular formula is C17H22N2O2. The van der Waals surface area contributed by atoms with E-state index in [0.717, 1.165) is 37.7 Å². The highest BCUT2D eigenvalue weighted by atomic mass is 16.2. The number of nitrogens with one attached hydrogen (secondary N) is 1. The minimum absolute atomic E-state index is 0.0284. The van der Waals surface area contributed by atoms with Crippen molar-refractivity contribution in [1.82, 2.24) is 10.2 Å². The van der Waals surface area contributed by atoms with Crippen LogP contribution in [0.2, 0.25) is 0 Å². The lowest BCUT2D eigenvalue weighted by atomic mass is 9.79. The maximum atomic E-state index is 13.0. The van der Waals surface area contributed by atoms with Crippen LogP contribution in [0, 0.1) is 0 Å². The molecule has 112 valence electrons. The molecule has 1 unspecified atom stereocenters. The van der Waals surface area contributed by atoms with Gasteiger partial charge in [-0.15, -0.1) is 0 Å². The minimum Gasteiger partial charge on any atom is -0.340 e. The molecule has 0 radical (unpaired) electrons. The van der Waals surface area contributed by atoms with Crippen molar-refractivity contribution < 1.29 is 9.59 Å². The molecule has 0 bridgehead atoms. The summed E-state index contributed by atoms with van der Waals surface area (Å²) in [6, 6.07) is 9.86. The van der Waals surface area contributed by atoms with Gasteiger partial charge in [-0.1, -0.05) is 49.6 Å². The van der Waals surface area contributed by atoms with Gasteiger partial charge in [0.25, 0.3) is 0 Å².